The molecule has 0 radical (unpaired) electrons. The van der Waals surface area contributed by atoms with Crippen LogP contribution in [0.1, 0.15) is 36.4 Å². The first-order chi connectivity index (χ1) is 9.78. The zero-order valence-corrected chi connectivity index (χ0v) is 11.4. The number of hydrazine groups is 1. The molecule has 0 heterocycles. The molecule has 0 aliphatic heterocycles. The van der Waals surface area contributed by atoms with Gasteiger partial charge in [-0.2, -0.15) is 0 Å². The molecule has 0 saturated heterocycles. The SMILES string of the molecule is NNC(c1ccccc1F)C1(c2ccccc2)CCC1. The Labute approximate surface area is 118 Å². The maximum Gasteiger partial charge on any atom is 0.128 e. The Bertz CT molecular complexity index is 579. The summed E-state index contributed by atoms with van der Waals surface area (Å²) in [5, 5.41) is 0. The molecular formula is C17H19FN2. The molecule has 0 bridgehead atoms. The zero-order valence-electron chi connectivity index (χ0n) is 11.4. The molecule has 3 rings (SSSR count). The number of halogens is 1. The van der Waals surface area contributed by atoms with Gasteiger partial charge in [0.1, 0.15) is 5.82 Å². The van der Waals surface area contributed by atoms with Gasteiger partial charge in [0, 0.05) is 11.0 Å². The fourth-order valence-corrected chi connectivity index (χ4v) is 3.33. The van der Waals surface area contributed by atoms with Crippen LogP contribution in [0.25, 0.3) is 0 Å². The van der Waals surface area contributed by atoms with Crippen LogP contribution in [0.15, 0.2) is 54.6 Å². The van der Waals surface area contributed by atoms with Gasteiger partial charge in [-0.15, -0.1) is 0 Å². The van der Waals surface area contributed by atoms with Crippen LogP contribution >= 0.6 is 0 Å². The van der Waals surface area contributed by atoms with Gasteiger partial charge in [-0.05, 0) is 24.5 Å². The van der Waals surface area contributed by atoms with Crippen LogP contribution in [0.4, 0.5) is 4.39 Å². The average molecular weight is 270 g/mol. The largest absolute Gasteiger partial charge is 0.271 e. The molecule has 1 aliphatic carbocycles. The predicted molar refractivity (Wildman–Crippen MR) is 78.4 cm³/mol. The topological polar surface area (TPSA) is 38.0 Å². The molecule has 1 unspecified atom stereocenters. The molecule has 3 heteroatoms. The maximum absolute atomic E-state index is 14.1. The Morgan fingerprint density at radius 1 is 1.00 bits per heavy atom. The van der Waals surface area contributed by atoms with E-state index in [-0.39, 0.29) is 17.3 Å². The van der Waals surface area contributed by atoms with Crippen LogP contribution in [0, 0.1) is 5.82 Å². The normalized spacial score (nSPS) is 18.3. The lowest BCUT2D eigenvalue weighted by atomic mass is 9.59. The highest BCUT2D eigenvalue weighted by Crippen LogP contribution is 2.52. The Hall–Kier alpha value is -1.71. The summed E-state index contributed by atoms with van der Waals surface area (Å²) >= 11 is 0. The van der Waals surface area contributed by atoms with Crippen molar-refractivity contribution in [3.8, 4) is 0 Å². The van der Waals surface area contributed by atoms with Gasteiger partial charge in [0.15, 0.2) is 0 Å². The lowest BCUT2D eigenvalue weighted by Gasteiger charge is -2.48. The molecule has 1 fully saturated rings. The molecule has 3 N–H and O–H groups in total. The first-order valence-corrected chi connectivity index (χ1v) is 7.04. The van der Waals surface area contributed by atoms with Crippen LogP contribution in [0.2, 0.25) is 0 Å². The first kappa shape index (κ1) is 13.3. The van der Waals surface area contributed by atoms with E-state index in [4.69, 9.17) is 5.84 Å². The smallest absolute Gasteiger partial charge is 0.128 e. The monoisotopic (exact) mass is 270 g/mol. The highest BCUT2D eigenvalue weighted by atomic mass is 19.1. The first-order valence-electron chi connectivity index (χ1n) is 7.04. The van der Waals surface area contributed by atoms with Crippen LogP contribution in [0.5, 0.6) is 0 Å². The Morgan fingerprint density at radius 2 is 1.65 bits per heavy atom. The second-order valence-corrected chi connectivity index (χ2v) is 5.50. The standard InChI is InChI=1S/C17H19FN2/c18-15-10-5-4-9-14(15)16(20-19)17(11-6-12-17)13-7-2-1-3-8-13/h1-5,7-10,16,20H,6,11-12,19H2. The van der Waals surface area contributed by atoms with Crippen LogP contribution in [-0.4, -0.2) is 0 Å². The molecule has 104 valence electrons. The molecule has 0 amide bonds. The van der Waals surface area contributed by atoms with Gasteiger partial charge in [-0.25, -0.2) is 4.39 Å². The summed E-state index contributed by atoms with van der Waals surface area (Å²) in [6.07, 6.45) is 3.21. The maximum atomic E-state index is 14.1. The van der Waals surface area contributed by atoms with Crippen molar-refractivity contribution in [1.82, 2.24) is 5.43 Å². The van der Waals surface area contributed by atoms with E-state index in [0.717, 1.165) is 19.3 Å². The molecule has 0 spiro atoms. The molecular weight excluding hydrogens is 251 g/mol. The van der Waals surface area contributed by atoms with E-state index in [1.165, 1.54) is 11.6 Å². The highest BCUT2D eigenvalue weighted by molar-refractivity contribution is 5.36. The van der Waals surface area contributed by atoms with Gasteiger partial charge in [0.25, 0.3) is 0 Å². The number of hydrogen-bond donors (Lipinski definition) is 2. The average Bonchev–Trinajstić information content (AvgIpc) is 2.45. The number of nitrogens with one attached hydrogen (secondary N) is 1. The van der Waals surface area contributed by atoms with Crippen LogP contribution in [-0.2, 0) is 5.41 Å². The third-order valence-electron chi connectivity index (χ3n) is 4.53. The van der Waals surface area contributed by atoms with E-state index >= 15 is 0 Å². The van der Waals surface area contributed by atoms with Crippen LogP contribution in [0.3, 0.4) is 0 Å². The molecule has 1 saturated carbocycles. The van der Waals surface area contributed by atoms with Gasteiger partial charge in [-0.1, -0.05) is 55.0 Å². The quantitative estimate of drug-likeness (QED) is 0.659. The molecule has 2 nitrogen and oxygen atoms in total. The minimum absolute atomic E-state index is 0.0990. The van der Waals surface area contributed by atoms with E-state index < -0.39 is 0 Å². The summed E-state index contributed by atoms with van der Waals surface area (Å²) in [5.74, 6) is 5.59. The van der Waals surface area contributed by atoms with E-state index in [9.17, 15) is 4.39 Å². The number of nitrogens with two attached hydrogens (primary N) is 1. The predicted octanol–water partition coefficient (Wildman–Crippen LogP) is 3.45. The lowest BCUT2D eigenvalue weighted by molar-refractivity contribution is 0.167. The number of hydrogen-bond acceptors (Lipinski definition) is 2. The molecule has 2 aromatic carbocycles. The second-order valence-electron chi connectivity index (χ2n) is 5.50. The fourth-order valence-electron chi connectivity index (χ4n) is 3.33. The van der Waals surface area contributed by atoms with Crippen molar-refractivity contribution in [2.45, 2.75) is 30.7 Å². The van der Waals surface area contributed by atoms with Gasteiger partial charge in [-0.3, -0.25) is 11.3 Å². The number of rotatable bonds is 4. The molecule has 0 aromatic heterocycles. The summed E-state index contributed by atoms with van der Waals surface area (Å²) in [6, 6.07) is 17.0. The fraction of sp³-hybridized carbons (Fsp3) is 0.294. The van der Waals surface area contributed by atoms with E-state index in [1.54, 1.807) is 6.07 Å². The Kier molecular flexibility index (Phi) is 3.55. The van der Waals surface area contributed by atoms with E-state index in [2.05, 4.69) is 17.6 Å². The Morgan fingerprint density at radius 3 is 2.20 bits per heavy atom. The second kappa shape index (κ2) is 5.35. The van der Waals surface area contributed by atoms with Gasteiger partial charge in [0.05, 0.1) is 6.04 Å². The summed E-state index contributed by atoms with van der Waals surface area (Å²) < 4.78 is 14.1. The molecule has 2 aromatic rings. The highest BCUT2D eigenvalue weighted by Gasteiger charge is 2.46. The lowest BCUT2D eigenvalue weighted by Crippen LogP contribution is -2.49. The van der Waals surface area contributed by atoms with Crippen molar-refractivity contribution in [3.63, 3.8) is 0 Å². The van der Waals surface area contributed by atoms with Crippen molar-refractivity contribution in [2.75, 3.05) is 0 Å². The third kappa shape index (κ3) is 2.03. The van der Waals surface area contributed by atoms with Crippen molar-refractivity contribution < 1.29 is 4.39 Å². The summed E-state index contributed by atoms with van der Waals surface area (Å²) in [4.78, 5) is 0. The number of benzene rings is 2. The minimum atomic E-state index is -0.197. The van der Waals surface area contributed by atoms with Crippen molar-refractivity contribution in [1.29, 1.82) is 0 Å². The molecule has 1 atom stereocenters. The summed E-state index contributed by atoms with van der Waals surface area (Å²) in [7, 11) is 0. The van der Waals surface area contributed by atoms with Gasteiger partial charge in [0.2, 0.25) is 0 Å². The summed E-state index contributed by atoms with van der Waals surface area (Å²) in [5.41, 5.74) is 4.65. The van der Waals surface area contributed by atoms with Crippen LogP contribution < -0.4 is 11.3 Å². The minimum Gasteiger partial charge on any atom is -0.271 e. The van der Waals surface area contributed by atoms with Gasteiger partial charge >= 0.3 is 0 Å². The third-order valence-corrected chi connectivity index (χ3v) is 4.53. The molecule has 1 aliphatic rings. The van der Waals surface area contributed by atoms with Crippen molar-refractivity contribution in [3.05, 3.63) is 71.5 Å². The zero-order chi connectivity index (χ0) is 14.0. The molecule has 20 heavy (non-hydrogen) atoms. The summed E-state index contributed by atoms with van der Waals surface area (Å²) in [6.45, 7) is 0. The van der Waals surface area contributed by atoms with E-state index in [1.807, 2.05) is 30.3 Å². The van der Waals surface area contributed by atoms with Gasteiger partial charge < -0.3 is 0 Å². The van der Waals surface area contributed by atoms with Crippen molar-refractivity contribution >= 4 is 0 Å². The Balaban J connectivity index is 2.05. The van der Waals surface area contributed by atoms with Crippen molar-refractivity contribution in [2.24, 2.45) is 5.84 Å². The van der Waals surface area contributed by atoms with E-state index in [0.29, 0.717) is 5.56 Å².